The second-order valence-electron chi connectivity index (χ2n) is 10.2. The zero-order valence-electron chi connectivity index (χ0n) is 20.8. The number of aromatic amines is 1. The van der Waals surface area contributed by atoms with Gasteiger partial charge in [-0.05, 0) is 43.5 Å². The maximum atomic E-state index is 15.6. The third-order valence-electron chi connectivity index (χ3n) is 7.52. The van der Waals surface area contributed by atoms with Crippen LogP contribution in [0.5, 0.6) is 0 Å². The van der Waals surface area contributed by atoms with Gasteiger partial charge in [-0.15, -0.1) is 0 Å². The fourth-order valence-electron chi connectivity index (χ4n) is 5.86. The number of H-pyrrole nitrogens is 1. The molecule has 4 nitrogen and oxygen atoms in total. The molecule has 38 heavy (non-hydrogen) atoms. The van der Waals surface area contributed by atoms with Crippen molar-refractivity contribution in [1.82, 2.24) is 14.8 Å². The number of halogens is 7. The normalized spacial score (nSPS) is 24.7. The number of nitrogens with zero attached hydrogens (tertiary/aromatic N) is 2. The highest BCUT2D eigenvalue weighted by Gasteiger charge is 2.44. The summed E-state index contributed by atoms with van der Waals surface area (Å²) < 4.78 is 99.1. The second-order valence-corrected chi connectivity index (χ2v) is 10.2. The van der Waals surface area contributed by atoms with Gasteiger partial charge in [-0.25, -0.2) is 13.2 Å². The Morgan fingerprint density at radius 1 is 1.08 bits per heavy atom. The van der Waals surface area contributed by atoms with Gasteiger partial charge in [0.15, 0.2) is 0 Å². The minimum absolute atomic E-state index is 0.00755. The van der Waals surface area contributed by atoms with Gasteiger partial charge in [0.05, 0.1) is 25.3 Å². The van der Waals surface area contributed by atoms with Crippen molar-refractivity contribution in [2.45, 2.75) is 50.2 Å². The van der Waals surface area contributed by atoms with E-state index in [9.17, 15) is 22.0 Å². The van der Waals surface area contributed by atoms with Gasteiger partial charge in [-0.1, -0.05) is 18.2 Å². The molecule has 1 saturated heterocycles. The van der Waals surface area contributed by atoms with E-state index in [2.05, 4.69) is 10.3 Å². The molecule has 2 unspecified atom stereocenters. The zero-order chi connectivity index (χ0) is 27.2. The van der Waals surface area contributed by atoms with Crippen LogP contribution >= 0.6 is 0 Å². The molecular weight excluding hydrogens is 513 g/mol. The molecular formula is C27H29F7N4. The number of benzene rings is 2. The van der Waals surface area contributed by atoms with E-state index in [1.165, 1.54) is 0 Å². The number of likely N-dealkylation sites (tertiary alicyclic amines) is 1. The van der Waals surface area contributed by atoms with Gasteiger partial charge in [-0.3, -0.25) is 14.2 Å². The summed E-state index contributed by atoms with van der Waals surface area (Å²) in [7, 11) is 0. The molecule has 0 spiro atoms. The van der Waals surface area contributed by atoms with Gasteiger partial charge in [0.25, 0.3) is 0 Å². The van der Waals surface area contributed by atoms with Crippen molar-refractivity contribution >= 4 is 16.6 Å². The van der Waals surface area contributed by atoms with E-state index in [-0.39, 0.29) is 31.6 Å². The minimum Gasteiger partial charge on any atom is -0.378 e. The largest absolute Gasteiger partial charge is 0.401 e. The average Bonchev–Trinajstić information content (AvgIpc) is 3.38. The number of anilines is 1. The average molecular weight is 543 g/mol. The Morgan fingerprint density at radius 3 is 2.47 bits per heavy atom. The van der Waals surface area contributed by atoms with E-state index >= 15 is 8.78 Å². The number of aromatic nitrogens is 1. The summed E-state index contributed by atoms with van der Waals surface area (Å²) in [5, 5.41) is 3.62. The predicted molar refractivity (Wildman–Crippen MR) is 132 cm³/mol. The number of rotatable bonds is 7. The van der Waals surface area contributed by atoms with Crippen molar-refractivity contribution in [1.29, 1.82) is 0 Å². The third kappa shape index (κ3) is 5.22. The Hall–Kier alpha value is -2.79. The van der Waals surface area contributed by atoms with E-state index in [0.29, 0.717) is 17.8 Å². The quantitative estimate of drug-likeness (QED) is 0.352. The first-order valence-electron chi connectivity index (χ1n) is 12.7. The Balaban J connectivity index is 1.51. The molecule has 1 fully saturated rings. The van der Waals surface area contributed by atoms with E-state index in [0.717, 1.165) is 28.0 Å². The van der Waals surface area contributed by atoms with Gasteiger partial charge < -0.3 is 10.3 Å². The van der Waals surface area contributed by atoms with Crippen LogP contribution in [0, 0.1) is 11.6 Å². The Bertz CT molecular complexity index is 1270. The first-order chi connectivity index (χ1) is 18.1. The van der Waals surface area contributed by atoms with Crippen LogP contribution in [0.2, 0.25) is 0 Å². The summed E-state index contributed by atoms with van der Waals surface area (Å²) in [4.78, 5) is 5.92. The lowest BCUT2D eigenvalue weighted by atomic mass is 9.88. The van der Waals surface area contributed by atoms with Gasteiger partial charge in [-0.2, -0.15) is 13.2 Å². The topological polar surface area (TPSA) is 34.3 Å². The lowest BCUT2D eigenvalue weighted by Gasteiger charge is -2.41. The lowest BCUT2D eigenvalue weighted by molar-refractivity contribution is -0.155. The maximum Gasteiger partial charge on any atom is 0.401 e. The molecule has 0 radical (unpaired) electrons. The molecule has 4 atom stereocenters. The minimum atomic E-state index is -4.59. The Labute approximate surface area is 215 Å². The van der Waals surface area contributed by atoms with E-state index in [1.54, 1.807) is 30.0 Å². The highest BCUT2D eigenvalue weighted by atomic mass is 19.4. The molecule has 206 valence electrons. The third-order valence-corrected chi connectivity index (χ3v) is 7.52. The van der Waals surface area contributed by atoms with Crippen LogP contribution in [-0.4, -0.2) is 72.1 Å². The fraction of sp³-hybridized carbons (Fsp3) is 0.481. The number of fused-ring (bicyclic) bond motifs is 3. The van der Waals surface area contributed by atoms with Gasteiger partial charge in [0.2, 0.25) is 0 Å². The summed E-state index contributed by atoms with van der Waals surface area (Å²) in [6.07, 6.45) is -5.36. The predicted octanol–water partition coefficient (Wildman–Crippen LogP) is 6.14. The fourth-order valence-corrected chi connectivity index (χ4v) is 5.86. The number of hydrogen-bond donors (Lipinski definition) is 2. The van der Waals surface area contributed by atoms with Crippen molar-refractivity contribution < 1.29 is 30.7 Å². The van der Waals surface area contributed by atoms with Crippen molar-refractivity contribution in [3.05, 3.63) is 64.9 Å². The highest BCUT2D eigenvalue weighted by Crippen LogP contribution is 2.44. The van der Waals surface area contributed by atoms with E-state index in [1.807, 2.05) is 6.07 Å². The van der Waals surface area contributed by atoms with E-state index < -0.39 is 60.9 Å². The van der Waals surface area contributed by atoms with Crippen LogP contribution < -0.4 is 5.32 Å². The first kappa shape index (κ1) is 26.8. The zero-order valence-corrected chi connectivity index (χ0v) is 20.8. The summed E-state index contributed by atoms with van der Waals surface area (Å²) >= 11 is 0. The molecule has 2 aromatic carbocycles. The molecule has 0 bridgehead atoms. The van der Waals surface area contributed by atoms with Crippen molar-refractivity contribution in [3.8, 4) is 0 Å². The first-order valence-corrected chi connectivity index (χ1v) is 12.7. The van der Waals surface area contributed by atoms with E-state index in [4.69, 9.17) is 0 Å². The van der Waals surface area contributed by atoms with Crippen molar-refractivity contribution in [2.75, 3.05) is 38.2 Å². The summed E-state index contributed by atoms with van der Waals surface area (Å²) in [6.45, 7) is 0.448. The number of nitrogens with one attached hydrogen (secondary N) is 2. The summed E-state index contributed by atoms with van der Waals surface area (Å²) in [6, 6.07) is 6.45. The summed E-state index contributed by atoms with van der Waals surface area (Å²) in [5.41, 5.74) is 1.24. The molecule has 0 amide bonds. The maximum absolute atomic E-state index is 15.6. The second kappa shape index (κ2) is 10.4. The lowest BCUT2D eigenvalue weighted by Crippen LogP contribution is -2.47. The molecule has 1 aromatic heterocycles. The molecule has 2 N–H and O–H groups in total. The smallest absolute Gasteiger partial charge is 0.378 e. The van der Waals surface area contributed by atoms with Gasteiger partial charge >= 0.3 is 6.18 Å². The molecule has 11 heteroatoms. The van der Waals surface area contributed by atoms with Crippen LogP contribution in [0.1, 0.15) is 36.2 Å². The Morgan fingerprint density at radius 2 is 1.79 bits per heavy atom. The highest BCUT2D eigenvalue weighted by molar-refractivity contribution is 5.85. The summed E-state index contributed by atoms with van der Waals surface area (Å²) in [5.74, 6) is -2.04. The monoisotopic (exact) mass is 542 g/mol. The van der Waals surface area contributed by atoms with Crippen LogP contribution in [0.4, 0.5) is 36.4 Å². The molecule has 5 rings (SSSR count). The van der Waals surface area contributed by atoms with Gasteiger partial charge in [0.1, 0.15) is 17.8 Å². The van der Waals surface area contributed by atoms with Crippen LogP contribution in [0.25, 0.3) is 10.9 Å². The number of para-hydroxylation sites is 1. The van der Waals surface area contributed by atoms with Crippen LogP contribution in [0.15, 0.2) is 36.4 Å². The molecule has 0 saturated carbocycles. The SMILES string of the molecule is C[C@@H]1Cc2c([nH]c3ccccc23)[C@H](c2c(F)cc(NC3CN(CCCF)CC3F)cc2F)N1CC(F)(F)F. The molecule has 3 heterocycles. The number of hydrogen-bond acceptors (Lipinski definition) is 3. The van der Waals surface area contributed by atoms with Gasteiger partial charge in [0, 0.05) is 53.5 Å². The van der Waals surface area contributed by atoms with Crippen LogP contribution in [0.3, 0.4) is 0 Å². The Kier molecular flexibility index (Phi) is 7.34. The van der Waals surface area contributed by atoms with Crippen LogP contribution in [-0.2, 0) is 6.42 Å². The standard InChI is InChI=1S/C27H29F7N4/c1-15-9-18-17-5-2-3-6-22(17)36-25(18)26(38(15)14-27(32,33)34)24-19(29)10-16(11-20(24)30)35-23-13-37(8-4-7-28)12-21(23)31/h2-3,5-6,10-11,15,21,23,26,35-36H,4,7-9,12-14H2,1H3/t15-,21?,23?,26+/m1/s1. The van der Waals surface area contributed by atoms with Crippen molar-refractivity contribution in [2.24, 2.45) is 0 Å². The molecule has 2 aliphatic heterocycles. The molecule has 0 aliphatic carbocycles. The molecule has 3 aromatic rings. The van der Waals surface area contributed by atoms with Crippen molar-refractivity contribution in [3.63, 3.8) is 0 Å². The number of alkyl halides is 5. The molecule has 2 aliphatic rings.